The van der Waals surface area contributed by atoms with Gasteiger partial charge in [-0.1, -0.05) is 13.8 Å². The third kappa shape index (κ3) is 9.50. The molecular weight excluding hydrogens is 286 g/mol. The molecule has 128 valence electrons. The number of ether oxygens (including phenoxy) is 2. The molecule has 0 radical (unpaired) electrons. The van der Waals surface area contributed by atoms with Crippen LogP contribution in [0.25, 0.3) is 0 Å². The molecule has 0 saturated carbocycles. The second kappa shape index (κ2) is 9.56. The minimum atomic E-state index is -0.447. The average molecular weight is 315 g/mol. The molecule has 6 nitrogen and oxygen atoms in total. The highest BCUT2D eigenvalue weighted by molar-refractivity contribution is 5.84. The molecule has 0 aromatic heterocycles. The van der Waals surface area contributed by atoms with Crippen molar-refractivity contribution in [1.29, 1.82) is 0 Å². The van der Waals surface area contributed by atoms with Gasteiger partial charge in [0, 0.05) is 17.9 Å². The van der Waals surface area contributed by atoms with Crippen LogP contribution >= 0.6 is 0 Å². The Balaban J connectivity index is 3.78. The Kier molecular flexibility index (Phi) is 8.94. The molecule has 0 fully saturated rings. The summed E-state index contributed by atoms with van der Waals surface area (Å²) in [6, 6.07) is 0. The van der Waals surface area contributed by atoms with Crippen molar-refractivity contribution in [3.05, 3.63) is 0 Å². The predicted octanol–water partition coefficient (Wildman–Crippen LogP) is 1.81. The number of rotatable bonds is 9. The van der Waals surface area contributed by atoms with Gasteiger partial charge in [0.1, 0.15) is 19.0 Å². The molecule has 0 rings (SSSR count). The average Bonchev–Trinajstić information content (AvgIpc) is 2.39. The fourth-order valence-electron chi connectivity index (χ4n) is 1.37. The lowest BCUT2D eigenvalue weighted by Gasteiger charge is -2.30. The van der Waals surface area contributed by atoms with Gasteiger partial charge in [-0.15, -0.1) is 0 Å². The highest BCUT2D eigenvalue weighted by Crippen LogP contribution is 2.09. The molecule has 0 N–H and O–H groups in total. The van der Waals surface area contributed by atoms with Gasteiger partial charge in [0.2, 0.25) is 0 Å². The van der Waals surface area contributed by atoms with Crippen LogP contribution < -0.4 is 0 Å². The van der Waals surface area contributed by atoms with Crippen molar-refractivity contribution in [2.45, 2.75) is 53.0 Å². The van der Waals surface area contributed by atoms with Gasteiger partial charge in [0.25, 0.3) is 0 Å². The zero-order valence-electron chi connectivity index (χ0n) is 14.6. The standard InChI is InChI=1S/C16H29NO5/c1-12(2)13(18)7-8-14(19)21-9-10-22-15(20)11-17(6)16(3,4)5/h12H,7-11H2,1-6H3. The number of Topliss-reactive ketones (excluding diaryl/α,β-unsaturated/α-hetero) is 1. The van der Waals surface area contributed by atoms with Crippen LogP contribution in [-0.2, 0) is 23.9 Å². The molecule has 0 aliphatic rings. The number of hydrogen-bond acceptors (Lipinski definition) is 6. The Morgan fingerprint density at radius 3 is 1.91 bits per heavy atom. The van der Waals surface area contributed by atoms with Gasteiger partial charge >= 0.3 is 11.9 Å². The molecule has 0 heterocycles. The molecule has 0 atom stereocenters. The predicted molar refractivity (Wildman–Crippen MR) is 83.4 cm³/mol. The Hall–Kier alpha value is -1.43. The zero-order chi connectivity index (χ0) is 17.3. The fourth-order valence-corrected chi connectivity index (χ4v) is 1.37. The van der Waals surface area contributed by atoms with E-state index in [-0.39, 0.29) is 55.8 Å². The molecule has 0 spiro atoms. The molecule has 0 saturated heterocycles. The van der Waals surface area contributed by atoms with Crippen LogP contribution in [0.3, 0.4) is 0 Å². The lowest BCUT2D eigenvalue weighted by Crippen LogP contribution is -2.41. The van der Waals surface area contributed by atoms with E-state index in [0.29, 0.717) is 0 Å². The second-order valence-corrected chi connectivity index (χ2v) is 6.59. The van der Waals surface area contributed by atoms with Crippen LogP contribution in [0.2, 0.25) is 0 Å². The molecule has 0 unspecified atom stereocenters. The van der Waals surface area contributed by atoms with Crippen molar-refractivity contribution in [1.82, 2.24) is 4.90 Å². The van der Waals surface area contributed by atoms with Crippen LogP contribution in [0.4, 0.5) is 0 Å². The smallest absolute Gasteiger partial charge is 0.320 e. The van der Waals surface area contributed by atoms with E-state index in [1.165, 1.54) is 0 Å². The molecule has 0 bridgehead atoms. The maximum atomic E-state index is 11.6. The number of carbonyl (C=O) groups excluding carboxylic acids is 3. The minimum Gasteiger partial charge on any atom is -0.462 e. The SMILES string of the molecule is CC(C)C(=O)CCC(=O)OCCOC(=O)CN(C)C(C)(C)C. The lowest BCUT2D eigenvalue weighted by atomic mass is 10.1. The lowest BCUT2D eigenvalue weighted by molar-refractivity contribution is -0.153. The molecule has 0 aliphatic heterocycles. The quantitative estimate of drug-likeness (QED) is 0.477. The summed E-state index contributed by atoms with van der Waals surface area (Å²) in [5, 5.41) is 0. The van der Waals surface area contributed by atoms with E-state index in [0.717, 1.165) is 0 Å². The first-order chi connectivity index (χ1) is 10.0. The van der Waals surface area contributed by atoms with Gasteiger partial charge < -0.3 is 9.47 Å². The van der Waals surface area contributed by atoms with E-state index >= 15 is 0 Å². The molecule has 0 aliphatic carbocycles. The summed E-state index contributed by atoms with van der Waals surface area (Å²) >= 11 is 0. The van der Waals surface area contributed by atoms with Gasteiger partial charge in [-0.3, -0.25) is 19.3 Å². The van der Waals surface area contributed by atoms with Crippen LogP contribution in [0.5, 0.6) is 0 Å². The van der Waals surface area contributed by atoms with E-state index in [4.69, 9.17) is 9.47 Å². The number of nitrogens with zero attached hydrogens (tertiary/aromatic N) is 1. The summed E-state index contributed by atoms with van der Waals surface area (Å²) in [5.41, 5.74) is -0.117. The summed E-state index contributed by atoms with van der Waals surface area (Å²) in [5.74, 6) is -0.845. The highest BCUT2D eigenvalue weighted by atomic mass is 16.6. The van der Waals surface area contributed by atoms with E-state index in [2.05, 4.69) is 0 Å². The number of esters is 2. The molecule has 0 aromatic rings. The maximum Gasteiger partial charge on any atom is 0.320 e. The van der Waals surface area contributed by atoms with Crippen molar-refractivity contribution in [2.75, 3.05) is 26.8 Å². The molecular formula is C16H29NO5. The van der Waals surface area contributed by atoms with E-state index in [1.807, 2.05) is 32.7 Å². The van der Waals surface area contributed by atoms with Crippen LogP contribution in [-0.4, -0.2) is 55.0 Å². The van der Waals surface area contributed by atoms with Crippen molar-refractivity contribution in [2.24, 2.45) is 5.92 Å². The Labute approximate surface area is 133 Å². The topological polar surface area (TPSA) is 72.9 Å². The molecule has 6 heteroatoms. The summed E-state index contributed by atoms with van der Waals surface area (Å²) in [6.45, 7) is 9.81. The van der Waals surface area contributed by atoms with E-state index in [1.54, 1.807) is 13.8 Å². The second-order valence-electron chi connectivity index (χ2n) is 6.59. The Bertz CT molecular complexity index is 384. The third-order valence-corrected chi connectivity index (χ3v) is 3.34. The first-order valence-electron chi connectivity index (χ1n) is 7.59. The largest absolute Gasteiger partial charge is 0.462 e. The summed E-state index contributed by atoms with van der Waals surface area (Å²) < 4.78 is 9.91. The van der Waals surface area contributed by atoms with Crippen LogP contribution in [0, 0.1) is 5.92 Å². The molecule has 0 aromatic carbocycles. The Morgan fingerprint density at radius 2 is 1.45 bits per heavy atom. The van der Waals surface area contributed by atoms with Crippen LogP contribution in [0.1, 0.15) is 47.5 Å². The molecule has 22 heavy (non-hydrogen) atoms. The number of carbonyl (C=O) groups is 3. The fraction of sp³-hybridized carbons (Fsp3) is 0.812. The first kappa shape index (κ1) is 20.6. The number of ketones is 1. The normalized spacial score (nSPS) is 11.6. The van der Waals surface area contributed by atoms with E-state index in [9.17, 15) is 14.4 Å². The maximum absolute atomic E-state index is 11.6. The first-order valence-corrected chi connectivity index (χ1v) is 7.59. The number of hydrogen-bond donors (Lipinski definition) is 0. The van der Waals surface area contributed by atoms with Gasteiger partial charge in [0.15, 0.2) is 0 Å². The van der Waals surface area contributed by atoms with Gasteiger partial charge in [-0.2, -0.15) is 0 Å². The monoisotopic (exact) mass is 315 g/mol. The third-order valence-electron chi connectivity index (χ3n) is 3.34. The van der Waals surface area contributed by atoms with Crippen molar-refractivity contribution >= 4 is 17.7 Å². The zero-order valence-corrected chi connectivity index (χ0v) is 14.6. The Morgan fingerprint density at radius 1 is 0.955 bits per heavy atom. The van der Waals surface area contributed by atoms with Crippen LogP contribution in [0.15, 0.2) is 0 Å². The van der Waals surface area contributed by atoms with Crippen molar-refractivity contribution < 1.29 is 23.9 Å². The van der Waals surface area contributed by atoms with Gasteiger partial charge in [-0.05, 0) is 27.8 Å². The van der Waals surface area contributed by atoms with Gasteiger partial charge in [-0.25, -0.2) is 0 Å². The van der Waals surface area contributed by atoms with Crippen molar-refractivity contribution in [3.8, 4) is 0 Å². The summed E-state index contributed by atoms with van der Waals surface area (Å²) in [6.07, 6.45) is 0.254. The number of likely N-dealkylation sites (N-methyl/N-ethyl adjacent to an activating group) is 1. The minimum absolute atomic E-state index is 0.0136. The molecule has 0 amide bonds. The van der Waals surface area contributed by atoms with Gasteiger partial charge in [0.05, 0.1) is 13.0 Å². The summed E-state index contributed by atoms with van der Waals surface area (Å²) in [4.78, 5) is 36.2. The highest BCUT2D eigenvalue weighted by Gasteiger charge is 2.20. The van der Waals surface area contributed by atoms with E-state index < -0.39 is 5.97 Å². The van der Waals surface area contributed by atoms with Crippen molar-refractivity contribution in [3.63, 3.8) is 0 Å². The summed E-state index contributed by atoms with van der Waals surface area (Å²) in [7, 11) is 1.84.